The van der Waals surface area contributed by atoms with E-state index in [0.717, 1.165) is 12.2 Å². The maximum absolute atomic E-state index is 12.8. The summed E-state index contributed by atoms with van der Waals surface area (Å²) in [5.74, 6) is 1.78. The molecule has 1 saturated heterocycles. The van der Waals surface area contributed by atoms with Crippen LogP contribution in [0.2, 0.25) is 0 Å². The van der Waals surface area contributed by atoms with Crippen molar-refractivity contribution in [3.05, 3.63) is 0 Å². The van der Waals surface area contributed by atoms with Crippen LogP contribution in [0.1, 0.15) is 6.42 Å². The summed E-state index contributed by atoms with van der Waals surface area (Å²) in [6.45, 7) is 0. The van der Waals surface area contributed by atoms with Gasteiger partial charge in [0.15, 0.2) is 0 Å². The lowest BCUT2D eigenvalue weighted by Crippen LogP contribution is -2.39. The molecule has 0 bridgehead atoms. The molecule has 0 aliphatic carbocycles. The minimum absolute atomic E-state index is 0.117. The lowest BCUT2D eigenvalue weighted by Gasteiger charge is -2.24. The van der Waals surface area contributed by atoms with Crippen LogP contribution in [0, 0.1) is 0 Å². The van der Waals surface area contributed by atoms with Gasteiger partial charge in [-0.2, -0.15) is 11.8 Å². The fraction of sp³-hybridized carbons (Fsp3) is 1.00. The molecule has 1 heterocycles. The Morgan fingerprint density at radius 3 is 2.89 bits per heavy atom. The summed E-state index contributed by atoms with van der Waals surface area (Å²) in [5, 5.41) is 2.97. The zero-order chi connectivity index (χ0) is 6.69. The highest BCUT2D eigenvalue weighted by Gasteiger charge is 2.22. The van der Waals surface area contributed by atoms with Gasteiger partial charge >= 0.3 is 0 Å². The van der Waals surface area contributed by atoms with Gasteiger partial charge in [0.25, 0.3) is 0 Å². The average molecular weight is 149 g/mol. The van der Waals surface area contributed by atoms with Gasteiger partial charge in [-0.15, -0.1) is 0 Å². The highest BCUT2D eigenvalue weighted by molar-refractivity contribution is 7.99. The van der Waals surface area contributed by atoms with E-state index in [2.05, 4.69) is 5.32 Å². The molecule has 54 valence electrons. The summed E-state index contributed by atoms with van der Waals surface area (Å²) < 4.78 is 12.8. The maximum Gasteiger partial charge on any atom is 0.124 e. The number of hydrogen-bond acceptors (Lipinski definition) is 2. The molecule has 1 fully saturated rings. The van der Waals surface area contributed by atoms with Crippen molar-refractivity contribution in [1.29, 1.82) is 0 Å². The van der Waals surface area contributed by atoms with Crippen LogP contribution >= 0.6 is 11.8 Å². The molecule has 1 aliphatic rings. The smallest absolute Gasteiger partial charge is 0.124 e. The number of halogens is 1. The lowest BCUT2D eigenvalue weighted by atomic mass is 10.1. The first-order valence-electron chi connectivity index (χ1n) is 3.23. The second-order valence-corrected chi connectivity index (χ2v) is 3.42. The molecule has 0 amide bonds. The van der Waals surface area contributed by atoms with Crippen molar-refractivity contribution in [2.45, 2.75) is 18.6 Å². The zero-order valence-corrected chi connectivity index (χ0v) is 6.38. The third kappa shape index (κ3) is 1.83. The van der Waals surface area contributed by atoms with Crippen molar-refractivity contribution < 1.29 is 4.39 Å². The minimum atomic E-state index is -0.631. The summed E-state index contributed by atoms with van der Waals surface area (Å²) in [5.41, 5.74) is 0. The van der Waals surface area contributed by atoms with Crippen LogP contribution in [0.5, 0.6) is 0 Å². The Bertz CT molecular complexity index is 89.1. The van der Waals surface area contributed by atoms with Gasteiger partial charge in [-0.05, 0) is 19.2 Å². The van der Waals surface area contributed by atoms with E-state index in [1.54, 1.807) is 11.8 Å². The van der Waals surface area contributed by atoms with Gasteiger partial charge < -0.3 is 5.32 Å². The fourth-order valence-electron chi connectivity index (χ4n) is 1.03. The number of thioether (sulfide) groups is 1. The highest BCUT2D eigenvalue weighted by Crippen LogP contribution is 2.19. The van der Waals surface area contributed by atoms with Gasteiger partial charge in [0, 0.05) is 11.8 Å². The minimum Gasteiger partial charge on any atom is -0.314 e. The van der Waals surface area contributed by atoms with Crippen LogP contribution in [0.15, 0.2) is 0 Å². The molecule has 1 nitrogen and oxygen atoms in total. The molecule has 2 atom stereocenters. The number of rotatable bonds is 1. The molecule has 1 aliphatic heterocycles. The maximum atomic E-state index is 12.8. The molecule has 0 spiro atoms. The molecule has 0 radical (unpaired) electrons. The third-order valence-electron chi connectivity index (χ3n) is 1.66. The number of nitrogens with one attached hydrogen (secondary N) is 1. The van der Waals surface area contributed by atoms with Crippen molar-refractivity contribution in [3.63, 3.8) is 0 Å². The highest BCUT2D eigenvalue weighted by atomic mass is 32.2. The van der Waals surface area contributed by atoms with Crippen LogP contribution in [0.25, 0.3) is 0 Å². The average Bonchev–Trinajstić information content (AvgIpc) is 1.89. The fourth-order valence-corrected chi connectivity index (χ4v) is 2.07. The summed E-state index contributed by atoms with van der Waals surface area (Å²) >= 11 is 1.71. The van der Waals surface area contributed by atoms with Gasteiger partial charge in [0.05, 0.1) is 0 Å². The van der Waals surface area contributed by atoms with Gasteiger partial charge in [-0.3, -0.25) is 0 Å². The summed E-state index contributed by atoms with van der Waals surface area (Å²) in [7, 11) is 1.83. The van der Waals surface area contributed by atoms with E-state index >= 15 is 0 Å². The summed E-state index contributed by atoms with van der Waals surface area (Å²) in [6, 6.07) is 0.117. The molecule has 3 heteroatoms. The van der Waals surface area contributed by atoms with Gasteiger partial charge in [-0.25, -0.2) is 4.39 Å². The third-order valence-corrected chi connectivity index (χ3v) is 2.74. The van der Waals surface area contributed by atoms with Gasteiger partial charge in [0.1, 0.15) is 6.17 Å². The van der Waals surface area contributed by atoms with Crippen LogP contribution in [0.3, 0.4) is 0 Å². The van der Waals surface area contributed by atoms with E-state index in [-0.39, 0.29) is 6.04 Å². The molecule has 0 aromatic carbocycles. The van der Waals surface area contributed by atoms with Gasteiger partial charge in [0.2, 0.25) is 0 Å². The van der Waals surface area contributed by atoms with Crippen LogP contribution in [0.4, 0.5) is 4.39 Å². The number of hydrogen-bond donors (Lipinski definition) is 1. The van der Waals surface area contributed by atoms with E-state index in [1.165, 1.54) is 0 Å². The lowest BCUT2D eigenvalue weighted by molar-refractivity contribution is 0.274. The molecule has 0 aromatic rings. The predicted octanol–water partition coefficient (Wildman–Crippen LogP) is 1.05. The van der Waals surface area contributed by atoms with E-state index in [4.69, 9.17) is 0 Å². The molecule has 2 unspecified atom stereocenters. The Morgan fingerprint density at radius 2 is 2.44 bits per heavy atom. The molecule has 0 aromatic heterocycles. The second-order valence-electron chi connectivity index (χ2n) is 2.27. The summed E-state index contributed by atoms with van der Waals surface area (Å²) in [4.78, 5) is 0. The topological polar surface area (TPSA) is 12.0 Å². The largest absolute Gasteiger partial charge is 0.314 e. The quantitative estimate of drug-likeness (QED) is 0.598. The molecule has 1 N–H and O–H groups in total. The SMILES string of the molecule is CNC1CCSCC1F. The normalized spacial score (nSPS) is 36.7. The molecule has 0 saturated carbocycles. The van der Waals surface area contributed by atoms with Crippen molar-refractivity contribution in [3.8, 4) is 0 Å². The Kier molecular flexibility index (Phi) is 2.79. The first-order valence-corrected chi connectivity index (χ1v) is 4.39. The van der Waals surface area contributed by atoms with Crippen molar-refractivity contribution in [2.24, 2.45) is 0 Å². The second kappa shape index (κ2) is 3.42. The first-order chi connectivity index (χ1) is 4.34. The Morgan fingerprint density at radius 1 is 1.67 bits per heavy atom. The predicted molar refractivity (Wildman–Crippen MR) is 39.7 cm³/mol. The van der Waals surface area contributed by atoms with E-state index < -0.39 is 6.17 Å². The van der Waals surface area contributed by atoms with E-state index in [9.17, 15) is 4.39 Å². The van der Waals surface area contributed by atoms with Crippen LogP contribution in [-0.4, -0.2) is 30.8 Å². The first kappa shape index (κ1) is 7.35. The van der Waals surface area contributed by atoms with E-state index in [1.807, 2.05) is 7.05 Å². The molecular weight excluding hydrogens is 137 g/mol. The summed E-state index contributed by atoms with van der Waals surface area (Å²) in [6.07, 6.45) is 0.344. The van der Waals surface area contributed by atoms with E-state index in [0.29, 0.717) is 5.75 Å². The van der Waals surface area contributed by atoms with Crippen LogP contribution in [-0.2, 0) is 0 Å². The van der Waals surface area contributed by atoms with Gasteiger partial charge in [-0.1, -0.05) is 0 Å². The molecule has 1 rings (SSSR count). The number of alkyl halides is 1. The van der Waals surface area contributed by atoms with Crippen molar-refractivity contribution >= 4 is 11.8 Å². The monoisotopic (exact) mass is 149 g/mol. The Hall–Kier alpha value is 0.240. The Labute approximate surface area is 59.4 Å². The van der Waals surface area contributed by atoms with Crippen molar-refractivity contribution in [1.82, 2.24) is 5.32 Å². The van der Waals surface area contributed by atoms with Crippen LogP contribution < -0.4 is 5.32 Å². The Balaban J connectivity index is 2.30. The zero-order valence-electron chi connectivity index (χ0n) is 5.56. The standard InChI is InChI=1S/C6H12FNS/c1-8-6-2-3-9-4-5(6)7/h5-6,8H,2-4H2,1H3. The van der Waals surface area contributed by atoms with Crippen molar-refractivity contribution in [2.75, 3.05) is 18.6 Å². The molecule has 9 heavy (non-hydrogen) atoms. The molecular formula is C6H12FNS.